The van der Waals surface area contributed by atoms with Crippen molar-refractivity contribution in [3.8, 4) is 12.3 Å². The van der Waals surface area contributed by atoms with Gasteiger partial charge in [-0.15, -0.1) is 6.42 Å². The van der Waals surface area contributed by atoms with E-state index in [1.165, 1.54) is 4.90 Å². The molecule has 1 fully saturated rings. The molecule has 1 aliphatic carbocycles. The number of hydrogen-bond donors (Lipinski definition) is 1. The smallest absolute Gasteiger partial charge is 0.323 e. The van der Waals surface area contributed by atoms with Crippen molar-refractivity contribution < 1.29 is 14.7 Å². The Morgan fingerprint density at radius 3 is 2.47 bits per heavy atom. The molecular weight excluding hydrogens is 244 g/mol. The zero-order valence-corrected chi connectivity index (χ0v) is 11.6. The van der Waals surface area contributed by atoms with Crippen LogP contribution >= 0.6 is 0 Å². The van der Waals surface area contributed by atoms with E-state index in [1.54, 1.807) is 4.90 Å². The van der Waals surface area contributed by atoms with Gasteiger partial charge in [-0.1, -0.05) is 19.8 Å². The van der Waals surface area contributed by atoms with E-state index < -0.39 is 5.97 Å². The van der Waals surface area contributed by atoms with Crippen molar-refractivity contribution in [3.05, 3.63) is 0 Å². The molecule has 0 saturated heterocycles. The topological polar surface area (TPSA) is 60.9 Å². The number of carbonyl (C=O) groups excluding carboxylic acids is 1. The van der Waals surface area contributed by atoms with Gasteiger partial charge in [0, 0.05) is 12.6 Å². The molecular formula is C14H22N2O3. The molecule has 5 nitrogen and oxygen atoms in total. The molecule has 0 aromatic heterocycles. The van der Waals surface area contributed by atoms with Gasteiger partial charge >= 0.3 is 12.0 Å². The van der Waals surface area contributed by atoms with E-state index in [0.717, 1.165) is 19.3 Å². The summed E-state index contributed by atoms with van der Waals surface area (Å²) in [6, 6.07) is 0.0174. The van der Waals surface area contributed by atoms with E-state index in [9.17, 15) is 9.59 Å². The summed E-state index contributed by atoms with van der Waals surface area (Å²) in [4.78, 5) is 26.1. The van der Waals surface area contributed by atoms with Crippen LogP contribution in [0.5, 0.6) is 0 Å². The zero-order valence-electron chi connectivity index (χ0n) is 11.6. The van der Waals surface area contributed by atoms with Crippen LogP contribution in [0.4, 0.5) is 4.79 Å². The number of carboxylic acid groups (broad SMARTS) is 1. The van der Waals surface area contributed by atoms with Gasteiger partial charge in [-0.25, -0.2) is 4.79 Å². The number of urea groups is 1. The maximum atomic E-state index is 12.4. The van der Waals surface area contributed by atoms with Crippen LogP contribution in [0, 0.1) is 18.3 Å². The Morgan fingerprint density at radius 1 is 1.42 bits per heavy atom. The second kappa shape index (κ2) is 7.03. The maximum absolute atomic E-state index is 12.4. The lowest BCUT2D eigenvalue weighted by Gasteiger charge is -2.29. The first-order valence-electron chi connectivity index (χ1n) is 6.66. The fraction of sp³-hybridized carbons (Fsp3) is 0.714. The van der Waals surface area contributed by atoms with Crippen molar-refractivity contribution in [3.63, 3.8) is 0 Å². The highest BCUT2D eigenvalue weighted by atomic mass is 16.4. The van der Waals surface area contributed by atoms with Gasteiger partial charge in [0.1, 0.15) is 6.54 Å². The van der Waals surface area contributed by atoms with Crippen LogP contribution in [0.3, 0.4) is 0 Å². The summed E-state index contributed by atoms with van der Waals surface area (Å²) >= 11 is 0. The largest absolute Gasteiger partial charge is 0.480 e. The average Bonchev–Trinajstić information content (AvgIpc) is 3.12. The van der Waals surface area contributed by atoms with E-state index in [4.69, 9.17) is 11.5 Å². The predicted octanol–water partition coefficient (Wildman–Crippen LogP) is 1.64. The third-order valence-corrected chi connectivity index (χ3v) is 3.06. The van der Waals surface area contributed by atoms with Crippen LogP contribution in [0.2, 0.25) is 0 Å². The molecule has 1 N–H and O–H groups in total. The molecule has 0 bridgehead atoms. The maximum Gasteiger partial charge on any atom is 0.323 e. The lowest BCUT2D eigenvalue weighted by atomic mass is 10.1. The molecule has 1 rings (SSSR count). The van der Waals surface area contributed by atoms with Crippen molar-refractivity contribution in [2.45, 2.75) is 39.2 Å². The Balaban J connectivity index is 2.66. The van der Waals surface area contributed by atoms with Gasteiger partial charge in [0.15, 0.2) is 0 Å². The molecule has 0 spiro atoms. The van der Waals surface area contributed by atoms with Crippen LogP contribution in [0.1, 0.15) is 33.1 Å². The first-order valence-corrected chi connectivity index (χ1v) is 6.66. The molecule has 0 atom stereocenters. The van der Waals surface area contributed by atoms with E-state index in [0.29, 0.717) is 12.5 Å². The van der Waals surface area contributed by atoms with Crippen LogP contribution in [0.15, 0.2) is 0 Å². The predicted molar refractivity (Wildman–Crippen MR) is 72.6 cm³/mol. The van der Waals surface area contributed by atoms with Gasteiger partial charge < -0.3 is 14.9 Å². The van der Waals surface area contributed by atoms with Crippen molar-refractivity contribution in [2.75, 3.05) is 19.6 Å². The number of carboxylic acids is 1. The average molecular weight is 266 g/mol. The minimum atomic E-state index is -1.04. The summed E-state index contributed by atoms with van der Waals surface area (Å²) in [5.74, 6) is 1.82. The number of aliphatic carboxylic acids is 1. The van der Waals surface area contributed by atoms with Crippen molar-refractivity contribution in [1.82, 2.24) is 9.80 Å². The summed E-state index contributed by atoms with van der Waals surface area (Å²) in [6.45, 7) is 4.57. The number of amides is 2. The highest BCUT2D eigenvalue weighted by molar-refractivity contribution is 5.80. The van der Waals surface area contributed by atoms with E-state index >= 15 is 0 Å². The minimum Gasteiger partial charge on any atom is -0.480 e. The first-order chi connectivity index (χ1) is 8.95. The standard InChI is InChI=1S/C14H22N2O3/c1-4-8-15(10-13(17)18)14(19)16(12-5-6-12)9-7-11(2)3/h1,11-12H,5-10H2,2-3H3,(H,17,18). The lowest BCUT2D eigenvalue weighted by Crippen LogP contribution is -2.47. The Kier molecular flexibility index (Phi) is 5.68. The fourth-order valence-corrected chi connectivity index (χ4v) is 1.86. The Hall–Kier alpha value is -1.70. The minimum absolute atomic E-state index is 0.0377. The Bertz CT molecular complexity index is 369. The molecule has 106 valence electrons. The summed E-state index contributed by atoms with van der Waals surface area (Å²) < 4.78 is 0. The number of carbonyl (C=O) groups is 2. The molecule has 19 heavy (non-hydrogen) atoms. The van der Waals surface area contributed by atoms with Gasteiger partial charge in [0.05, 0.1) is 6.54 Å². The van der Waals surface area contributed by atoms with Gasteiger partial charge in [0.2, 0.25) is 0 Å². The molecule has 0 aliphatic heterocycles. The van der Waals surface area contributed by atoms with Crippen molar-refractivity contribution in [1.29, 1.82) is 0 Å². The second-order valence-corrected chi connectivity index (χ2v) is 5.34. The van der Waals surface area contributed by atoms with E-state index in [1.807, 2.05) is 0 Å². The van der Waals surface area contributed by atoms with Gasteiger partial charge in [-0.2, -0.15) is 0 Å². The fourth-order valence-electron chi connectivity index (χ4n) is 1.86. The molecule has 0 aromatic carbocycles. The van der Waals surface area contributed by atoms with Gasteiger partial charge in [-0.05, 0) is 25.2 Å². The van der Waals surface area contributed by atoms with Gasteiger partial charge in [0.25, 0.3) is 0 Å². The Labute approximate surface area is 114 Å². The highest BCUT2D eigenvalue weighted by Crippen LogP contribution is 2.28. The zero-order chi connectivity index (χ0) is 14.4. The van der Waals surface area contributed by atoms with Crippen molar-refractivity contribution in [2.24, 2.45) is 5.92 Å². The van der Waals surface area contributed by atoms with Gasteiger partial charge in [-0.3, -0.25) is 4.79 Å². The third-order valence-electron chi connectivity index (χ3n) is 3.06. The van der Waals surface area contributed by atoms with Crippen LogP contribution in [-0.2, 0) is 4.79 Å². The lowest BCUT2D eigenvalue weighted by molar-refractivity contribution is -0.137. The van der Waals surface area contributed by atoms with Crippen LogP contribution in [0.25, 0.3) is 0 Å². The molecule has 0 radical (unpaired) electrons. The number of terminal acetylenes is 1. The molecule has 5 heteroatoms. The normalized spacial score (nSPS) is 14.0. The molecule has 0 aromatic rings. The summed E-state index contributed by atoms with van der Waals surface area (Å²) in [7, 11) is 0. The third kappa shape index (κ3) is 5.21. The van der Waals surface area contributed by atoms with E-state index in [-0.39, 0.29) is 25.2 Å². The molecule has 0 heterocycles. The summed E-state index contributed by atoms with van der Waals surface area (Å²) in [5.41, 5.74) is 0. The molecule has 2 amide bonds. The number of hydrogen-bond acceptors (Lipinski definition) is 2. The van der Waals surface area contributed by atoms with Crippen LogP contribution in [-0.4, -0.2) is 52.6 Å². The monoisotopic (exact) mass is 266 g/mol. The quantitative estimate of drug-likeness (QED) is 0.713. The molecule has 1 saturated carbocycles. The Morgan fingerprint density at radius 2 is 2.05 bits per heavy atom. The molecule has 1 aliphatic rings. The first kappa shape index (κ1) is 15.4. The van der Waals surface area contributed by atoms with Crippen LogP contribution < -0.4 is 0 Å². The van der Waals surface area contributed by atoms with Crippen molar-refractivity contribution >= 4 is 12.0 Å². The summed E-state index contributed by atoms with van der Waals surface area (Å²) in [5, 5.41) is 8.83. The second-order valence-electron chi connectivity index (χ2n) is 5.34. The number of nitrogens with zero attached hydrogens (tertiary/aromatic N) is 2. The molecule has 0 unspecified atom stereocenters. The highest BCUT2D eigenvalue weighted by Gasteiger charge is 2.34. The number of rotatable bonds is 7. The SMILES string of the molecule is C#CCN(CC(=O)O)C(=O)N(CCC(C)C)C1CC1. The summed E-state index contributed by atoms with van der Waals surface area (Å²) in [6.07, 6.45) is 8.12. The van der Waals surface area contributed by atoms with E-state index in [2.05, 4.69) is 19.8 Å².